The molecule has 16 heavy (non-hydrogen) atoms. The molecule has 1 aliphatic heterocycles. The maximum atomic E-state index is 5.83. The molecule has 1 unspecified atom stereocenters. The number of hydrogen-bond acceptors (Lipinski definition) is 2. The molecule has 0 radical (unpaired) electrons. The van der Waals surface area contributed by atoms with E-state index in [2.05, 4.69) is 38.0 Å². The van der Waals surface area contributed by atoms with Crippen LogP contribution in [-0.4, -0.2) is 28.5 Å². The quantitative estimate of drug-likeness (QED) is 0.454. The molecule has 0 aliphatic carbocycles. The summed E-state index contributed by atoms with van der Waals surface area (Å²) in [5.74, 6) is 1.83. The third kappa shape index (κ3) is 6.18. The Labute approximate surface area is 120 Å². The predicted molar refractivity (Wildman–Crippen MR) is 84.9 cm³/mol. The molecule has 0 aromatic carbocycles. The summed E-state index contributed by atoms with van der Waals surface area (Å²) in [5.41, 5.74) is 5.82. The van der Waals surface area contributed by atoms with Gasteiger partial charge in [0.2, 0.25) is 0 Å². The Kier molecular flexibility index (Phi) is 6.47. The highest BCUT2D eigenvalue weighted by atomic mass is 127. The van der Waals surface area contributed by atoms with Crippen LogP contribution in [0.3, 0.4) is 0 Å². The first-order valence-corrected chi connectivity index (χ1v) is 6.51. The zero-order chi connectivity index (χ0) is 11.5. The van der Waals surface area contributed by atoms with Crippen LogP contribution in [0, 0.1) is 0 Å². The maximum Gasteiger partial charge on any atom is 0.189 e. The molecule has 96 valence electrons. The van der Waals surface area contributed by atoms with Gasteiger partial charge in [0, 0.05) is 10.3 Å². The zero-order valence-corrected chi connectivity index (χ0v) is 13.8. The van der Waals surface area contributed by atoms with Crippen LogP contribution in [0.15, 0.2) is 4.99 Å². The van der Waals surface area contributed by atoms with Crippen molar-refractivity contribution in [2.45, 2.75) is 50.8 Å². The van der Waals surface area contributed by atoms with E-state index in [9.17, 15) is 0 Å². The van der Waals surface area contributed by atoms with Crippen molar-refractivity contribution in [2.75, 3.05) is 12.3 Å². The Hall–Kier alpha value is 0.350. The summed E-state index contributed by atoms with van der Waals surface area (Å²) >= 11 is 2.01. The molecule has 0 aromatic rings. The fourth-order valence-corrected chi connectivity index (χ4v) is 2.86. The van der Waals surface area contributed by atoms with E-state index < -0.39 is 0 Å². The number of nitrogens with one attached hydrogen (secondary N) is 1. The van der Waals surface area contributed by atoms with E-state index in [1.54, 1.807) is 0 Å². The molecule has 5 heteroatoms. The molecule has 1 rings (SSSR count). The molecule has 3 nitrogen and oxygen atoms in total. The smallest absolute Gasteiger partial charge is 0.189 e. The molecule has 0 bridgehead atoms. The summed E-state index contributed by atoms with van der Waals surface area (Å²) in [6.45, 7) is 9.36. The third-order valence-electron chi connectivity index (χ3n) is 2.39. The summed E-state index contributed by atoms with van der Waals surface area (Å²) < 4.78 is 0.310. The molecule has 0 aromatic heterocycles. The van der Waals surface area contributed by atoms with Crippen LogP contribution in [0.2, 0.25) is 0 Å². The first-order valence-electron chi connectivity index (χ1n) is 5.53. The standard InChI is InChI=1S/C11H23N3S.HI/c1-10(2,3)14-9(12)13-8-11(4)6-5-7-15-11;/h5-8H2,1-4H3,(H3,12,13,14);1H. The van der Waals surface area contributed by atoms with Gasteiger partial charge in [-0.05, 0) is 46.3 Å². The molecule has 1 saturated heterocycles. The van der Waals surface area contributed by atoms with Crippen LogP contribution in [0.1, 0.15) is 40.5 Å². The lowest BCUT2D eigenvalue weighted by Crippen LogP contribution is -2.45. The normalized spacial score (nSPS) is 26.4. The maximum absolute atomic E-state index is 5.83. The molecule has 1 heterocycles. The SMILES string of the molecule is CC(C)(C)NC(N)=NCC1(C)CCCS1.I. The molecule has 1 fully saturated rings. The molecular formula is C11H24IN3S. The van der Waals surface area contributed by atoms with Crippen molar-refractivity contribution in [1.29, 1.82) is 0 Å². The Morgan fingerprint density at radius 2 is 2.12 bits per heavy atom. The Balaban J connectivity index is 0.00000225. The fraction of sp³-hybridized carbons (Fsp3) is 0.909. The van der Waals surface area contributed by atoms with Crippen LogP contribution in [0.4, 0.5) is 0 Å². The zero-order valence-electron chi connectivity index (χ0n) is 10.7. The van der Waals surface area contributed by atoms with Gasteiger partial charge in [0.25, 0.3) is 0 Å². The molecule has 3 N–H and O–H groups in total. The summed E-state index contributed by atoms with van der Waals surface area (Å²) in [7, 11) is 0. The Bertz CT molecular complexity index is 242. The van der Waals surface area contributed by atoms with Crippen molar-refractivity contribution in [3.63, 3.8) is 0 Å². The molecule has 0 amide bonds. The van der Waals surface area contributed by atoms with Gasteiger partial charge in [0.05, 0.1) is 6.54 Å². The lowest BCUT2D eigenvalue weighted by atomic mass is 10.1. The third-order valence-corrected chi connectivity index (χ3v) is 3.91. The number of halogens is 1. The predicted octanol–water partition coefficient (Wildman–Crippen LogP) is 2.59. The van der Waals surface area contributed by atoms with Gasteiger partial charge in [-0.25, -0.2) is 0 Å². The molecule has 1 aliphatic rings. The van der Waals surface area contributed by atoms with Gasteiger partial charge in [0.15, 0.2) is 5.96 Å². The molecule has 0 spiro atoms. The number of thioether (sulfide) groups is 1. The van der Waals surface area contributed by atoms with Crippen molar-refractivity contribution in [2.24, 2.45) is 10.7 Å². The topological polar surface area (TPSA) is 50.4 Å². The van der Waals surface area contributed by atoms with Crippen molar-refractivity contribution < 1.29 is 0 Å². The largest absolute Gasteiger partial charge is 0.370 e. The molecule has 1 atom stereocenters. The Morgan fingerprint density at radius 1 is 1.50 bits per heavy atom. The van der Waals surface area contributed by atoms with E-state index in [1.165, 1.54) is 18.6 Å². The summed E-state index contributed by atoms with van der Waals surface area (Å²) in [6, 6.07) is 0. The van der Waals surface area contributed by atoms with Gasteiger partial charge < -0.3 is 11.1 Å². The molecule has 0 saturated carbocycles. The highest BCUT2D eigenvalue weighted by Gasteiger charge is 2.29. The van der Waals surface area contributed by atoms with Crippen LogP contribution in [0.5, 0.6) is 0 Å². The number of nitrogens with two attached hydrogens (primary N) is 1. The Morgan fingerprint density at radius 3 is 2.56 bits per heavy atom. The summed E-state index contributed by atoms with van der Waals surface area (Å²) in [5, 5.41) is 3.18. The van der Waals surface area contributed by atoms with E-state index in [4.69, 9.17) is 5.73 Å². The van der Waals surface area contributed by atoms with Gasteiger partial charge >= 0.3 is 0 Å². The van der Waals surface area contributed by atoms with Gasteiger partial charge in [-0.3, -0.25) is 4.99 Å². The van der Waals surface area contributed by atoms with E-state index in [1.807, 2.05) is 11.8 Å². The van der Waals surface area contributed by atoms with E-state index >= 15 is 0 Å². The van der Waals surface area contributed by atoms with E-state index in [0.29, 0.717) is 10.7 Å². The minimum Gasteiger partial charge on any atom is -0.370 e. The second-order valence-electron chi connectivity index (χ2n) is 5.48. The monoisotopic (exact) mass is 357 g/mol. The number of hydrogen-bond donors (Lipinski definition) is 2. The van der Waals surface area contributed by atoms with Gasteiger partial charge in [-0.15, -0.1) is 24.0 Å². The van der Waals surface area contributed by atoms with Crippen LogP contribution < -0.4 is 11.1 Å². The van der Waals surface area contributed by atoms with Crippen molar-refractivity contribution in [1.82, 2.24) is 5.32 Å². The van der Waals surface area contributed by atoms with Gasteiger partial charge in [0.1, 0.15) is 0 Å². The van der Waals surface area contributed by atoms with Crippen LogP contribution >= 0.6 is 35.7 Å². The average Bonchev–Trinajstić information content (AvgIpc) is 2.47. The molecular weight excluding hydrogens is 333 g/mol. The van der Waals surface area contributed by atoms with Crippen molar-refractivity contribution in [3.8, 4) is 0 Å². The van der Waals surface area contributed by atoms with Crippen molar-refractivity contribution in [3.05, 3.63) is 0 Å². The van der Waals surface area contributed by atoms with Gasteiger partial charge in [-0.2, -0.15) is 11.8 Å². The highest BCUT2D eigenvalue weighted by molar-refractivity contribution is 14.0. The second-order valence-corrected chi connectivity index (χ2v) is 7.16. The van der Waals surface area contributed by atoms with Gasteiger partial charge in [-0.1, -0.05) is 0 Å². The minimum absolute atomic E-state index is 0. The van der Waals surface area contributed by atoms with Crippen LogP contribution in [0.25, 0.3) is 0 Å². The summed E-state index contributed by atoms with van der Waals surface area (Å²) in [6.07, 6.45) is 2.56. The minimum atomic E-state index is -0.00267. The highest BCUT2D eigenvalue weighted by Crippen LogP contribution is 2.37. The first kappa shape index (κ1) is 16.4. The van der Waals surface area contributed by atoms with E-state index in [0.717, 1.165) is 6.54 Å². The summed E-state index contributed by atoms with van der Waals surface area (Å²) in [4.78, 5) is 4.43. The fourth-order valence-electron chi connectivity index (χ4n) is 1.64. The van der Waals surface area contributed by atoms with Crippen molar-refractivity contribution >= 4 is 41.7 Å². The number of nitrogens with zero attached hydrogens (tertiary/aromatic N) is 1. The first-order chi connectivity index (χ1) is 6.81. The van der Waals surface area contributed by atoms with Crippen LogP contribution in [-0.2, 0) is 0 Å². The number of aliphatic imine (C=N–C) groups is 1. The lowest BCUT2D eigenvalue weighted by Gasteiger charge is -2.23. The second kappa shape index (κ2) is 6.33. The lowest BCUT2D eigenvalue weighted by molar-refractivity contribution is 0.506. The number of guanidine groups is 1. The number of rotatable bonds is 2. The average molecular weight is 357 g/mol. The van der Waals surface area contributed by atoms with E-state index in [-0.39, 0.29) is 29.5 Å².